The summed E-state index contributed by atoms with van der Waals surface area (Å²) in [5, 5.41) is 1.09. The largest absolute Gasteiger partial charge is 0.464 e. The smallest absolute Gasteiger partial charge is 0.164 e. The average Bonchev–Trinajstić information content (AvgIpc) is 3.83. The van der Waals surface area contributed by atoms with Gasteiger partial charge in [0.2, 0.25) is 0 Å². The zero-order valence-corrected chi connectivity index (χ0v) is 28.4. The van der Waals surface area contributed by atoms with Gasteiger partial charge in [0.05, 0.1) is 11.7 Å². The molecule has 0 saturated carbocycles. The van der Waals surface area contributed by atoms with Crippen molar-refractivity contribution in [1.29, 1.82) is 0 Å². The van der Waals surface area contributed by atoms with Crippen LogP contribution in [0.15, 0.2) is 181 Å². The highest BCUT2D eigenvalue weighted by atomic mass is 16.5. The number of aromatic nitrogens is 3. The van der Waals surface area contributed by atoms with E-state index in [2.05, 4.69) is 97.1 Å². The molecule has 11 rings (SSSR count). The summed E-state index contributed by atoms with van der Waals surface area (Å²) in [5.74, 6) is 3.62. The molecule has 248 valence electrons. The molecule has 0 bridgehead atoms. The molecule has 53 heavy (non-hydrogen) atoms. The fourth-order valence-electron chi connectivity index (χ4n) is 8.34. The topological polar surface area (TPSA) is 61.0 Å². The molecule has 0 fully saturated rings. The van der Waals surface area contributed by atoms with Crippen molar-refractivity contribution in [2.45, 2.75) is 5.41 Å². The summed E-state index contributed by atoms with van der Waals surface area (Å²) in [6.45, 7) is 0. The maximum absolute atomic E-state index is 6.68. The van der Waals surface area contributed by atoms with Crippen LogP contribution in [0.25, 0.3) is 67.4 Å². The van der Waals surface area contributed by atoms with E-state index in [9.17, 15) is 0 Å². The molecule has 1 unspecified atom stereocenters. The Morgan fingerprint density at radius 3 is 1.68 bits per heavy atom. The lowest BCUT2D eigenvalue weighted by molar-refractivity contribution is 0.436. The predicted molar refractivity (Wildman–Crippen MR) is 209 cm³/mol. The summed E-state index contributed by atoms with van der Waals surface area (Å²) in [6.07, 6.45) is 1.79. The van der Waals surface area contributed by atoms with Gasteiger partial charge in [-0.1, -0.05) is 146 Å². The van der Waals surface area contributed by atoms with E-state index in [4.69, 9.17) is 24.1 Å². The number of para-hydroxylation sites is 1. The Labute approximate surface area is 305 Å². The highest BCUT2D eigenvalue weighted by Gasteiger charge is 2.52. The second kappa shape index (κ2) is 11.5. The molecule has 1 spiro atoms. The number of rotatable bonds is 4. The fraction of sp³-hybridized carbons (Fsp3) is 0.0208. The van der Waals surface area contributed by atoms with Gasteiger partial charge < -0.3 is 9.15 Å². The highest BCUT2D eigenvalue weighted by molar-refractivity contribution is 6.02. The van der Waals surface area contributed by atoms with Gasteiger partial charge in [-0.05, 0) is 52.1 Å². The molecule has 0 N–H and O–H groups in total. The molecule has 1 aliphatic carbocycles. The second-order valence-corrected chi connectivity index (χ2v) is 13.5. The maximum atomic E-state index is 6.68. The van der Waals surface area contributed by atoms with Gasteiger partial charge in [0.25, 0.3) is 0 Å². The predicted octanol–water partition coefficient (Wildman–Crippen LogP) is 11.8. The number of hydrogen-bond acceptors (Lipinski definition) is 5. The summed E-state index contributed by atoms with van der Waals surface area (Å²) in [5.41, 5.74) is 12.3. The summed E-state index contributed by atoms with van der Waals surface area (Å²) in [6, 6.07) is 58.9. The van der Waals surface area contributed by atoms with Gasteiger partial charge in [-0.3, -0.25) is 0 Å². The number of ether oxygens (including phenoxy) is 1. The molecule has 3 heterocycles. The Morgan fingerprint density at radius 2 is 0.962 bits per heavy atom. The minimum absolute atomic E-state index is 0.598. The Kier molecular flexibility index (Phi) is 6.40. The molecule has 5 nitrogen and oxygen atoms in total. The molecular formula is C48H29N3O2. The average molecular weight is 680 g/mol. The quantitative estimate of drug-likeness (QED) is 0.185. The first-order valence-electron chi connectivity index (χ1n) is 17.8. The number of fused-ring (bicyclic) bond motifs is 11. The Bertz CT molecular complexity index is 2810. The van der Waals surface area contributed by atoms with Crippen molar-refractivity contribution in [3.63, 3.8) is 0 Å². The highest BCUT2D eigenvalue weighted by Crippen LogP contribution is 2.63. The third-order valence-electron chi connectivity index (χ3n) is 10.7. The van der Waals surface area contributed by atoms with Crippen LogP contribution in [0, 0.1) is 0 Å². The van der Waals surface area contributed by atoms with E-state index in [0.717, 1.165) is 67.0 Å². The van der Waals surface area contributed by atoms with Crippen LogP contribution >= 0.6 is 0 Å². The van der Waals surface area contributed by atoms with Crippen LogP contribution in [0.5, 0.6) is 11.5 Å². The summed E-state index contributed by atoms with van der Waals surface area (Å²) >= 11 is 0. The zero-order chi connectivity index (χ0) is 34.9. The van der Waals surface area contributed by atoms with Crippen molar-refractivity contribution in [3.8, 4) is 67.9 Å². The third kappa shape index (κ3) is 4.41. The normalized spacial score (nSPS) is 15.0. The minimum atomic E-state index is -0.598. The van der Waals surface area contributed by atoms with E-state index in [0.29, 0.717) is 17.5 Å². The summed E-state index contributed by atoms with van der Waals surface area (Å²) in [4.78, 5) is 14.7. The Hall–Kier alpha value is -7.11. The van der Waals surface area contributed by atoms with Gasteiger partial charge >= 0.3 is 0 Å². The van der Waals surface area contributed by atoms with Gasteiger partial charge in [0, 0.05) is 38.8 Å². The first-order valence-corrected chi connectivity index (χ1v) is 17.8. The summed E-state index contributed by atoms with van der Waals surface area (Å²) in [7, 11) is 0. The molecule has 0 saturated heterocycles. The van der Waals surface area contributed by atoms with Gasteiger partial charge in [0.1, 0.15) is 17.1 Å². The summed E-state index contributed by atoms with van der Waals surface area (Å²) < 4.78 is 12.9. The van der Waals surface area contributed by atoms with Crippen molar-refractivity contribution < 1.29 is 9.15 Å². The minimum Gasteiger partial charge on any atom is -0.464 e. The number of nitrogens with zero attached hydrogens (tertiary/aromatic N) is 3. The van der Waals surface area contributed by atoms with Crippen molar-refractivity contribution >= 4 is 11.0 Å². The SMILES string of the molecule is c1ccc(-c2nc(-c3ccccc3)nc(-c3ccc(-c4ccc5c(c4)C4(c6ccccc6O5)c5ccccc5-c5c4ccc4ccoc54)cc3)n2)cc1. The van der Waals surface area contributed by atoms with Crippen molar-refractivity contribution in [1.82, 2.24) is 15.0 Å². The van der Waals surface area contributed by atoms with Crippen LogP contribution in [0.4, 0.5) is 0 Å². The van der Waals surface area contributed by atoms with Gasteiger partial charge in [-0.25, -0.2) is 15.0 Å². The van der Waals surface area contributed by atoms with Crippen LogP contribution in [0.3, 0.4) is 0 Å². The molecule has 1 aliphatic heterocycles. The second-order valence-electron chi connectivity index (χ2n) is 13.5. The van der Waals surface area contributed by atoms with Crippen molar-refractivity contribution in [2.75, 3.05) is 0 Å². The lowest BCUT2D eigenvalue weighted by atomic mass is 9.65. The molecule has 5 heteroatoms. The van der Waals surface area contributed by atoms with Gasteiger partial charge in [-0.2, -0.15) is 0 Å². The van der Waals surface area contributed by atoms with E-state index in [1.54, 1.807) is 6.26 Å². The van der Waals surface area contributed by atoms with E-state index in [-0.39, 0.29) is 0 Å². The lowest BCUT2D eigenvalue weighted by Crippen LogP contribution is -2.32. The fourth-order valence-corrected chi connectivity index (χ4v) is 8.34. The van der Waals surface area contributed by atoms with Crippen molar-refractivity contribution in [2.24, 2.45) is 0 Å². The molecular weight excluding hydrogens is 651 g/mol. The first-order chi connectivity index (χ1) is 26.3. The standard InChI is InChI=1S/C48H29N3O2/c1-3-11-32(12-4-1)45-49-46(33-13-5-2-6-14-33)51-47(50-45)34-21-19-30(20-22-34)35-24-26-42-40(29-35)48(38-17-9-10-18-41(38)53-42)37-16-8-7-15-36(37)43-39(48)25-23-31-27-28-52-44(31)43/h1-29H. The third-order valence-corrected chi connectivity index (χ3v) is 10.7. The van der Waals surface area contributed by atoms with E-state index < -0.39 is 5.41 Å². The van der Waals surface area contributed by atoms with Crippen LogP contribution in [-0.2, 0) is 5.41 Å². The van der Waals surface area contributed by atoms with E-state index >= 15 is 0 Å². The van der Waals surface area contributed by atoms with Crippen LogP contribution in [0.1, 0.15) is 22.3 Å². The zero-order valence-electron chi connectivity index (χ0n) is 28.4. The van der Waals surface area contributed by atoms with E-state index in [1.165, 1.54) is 16.7 Å². The van der Waals surface area contributed by atoms with Crippen LogP contribution < -0.4 is 4.74 Å². The Balaban J connectivity index is 1.07. The number of hydrogen-bond donors (Lipinski definition) is 0. The Morgan fingerprint density at radius 1 is 0.396 bits per heavy atom. The van der Waals surface area contributed by atoms with E-state index in [1.807, 2.05) is 72.8 Å². The van der Waals surface area contributed by atoms with Gasteiger partial charge in [-0.15, -0.1) is 0 Å². The number of furan rings is 1. The molecule has 0 radical (unpaired) electrons. The molecule has 0 amide bonds. The lowest BCUT2D eigenvalue weighted by Gasteiger charge is -2.39. The molecule has 2 aromatic heterocycles. The number of benzene rings is 7. The van der Waals surface area contributed by atoms with Crippen LogP contribution in [0.2, 0.25) is 0 Å². The maximum Gasteiger partial charge on any atom is 0.164 e. The van der Waals surface area contributed by atoms with Gasteiger partial charge in [0.15, 0.2) is 17.5 Å². The molecule has 7 aromatic carbocycles. The monoisotopic (exact) mass is 679 g/mol. The van der Waals surface area contributed by atoms with Crippen LogP contribution in [-0.4, -0.2) is 15.0 Å². The molecule has 9 aromatic rings. The molecule has 2 aliphatic rings. The molecule has 1 atom stereocenters. The first kappa shape index (κ1) is 29.6. The van der Waals surface area contributed by atoms with Crippen molar-refractivity contribution in [3.05, 3.63) is 198 Å².